The molecule has 0 amide bonds. The second-order valence-corrected chi connectivity index (χ2v) is 5.55. The second-order valence-electron chi connectivity index (χ2n) is 5.11. The molecule has 0 fully saturated rings. The number of benzene rings is 1. The summed E-state index contributed by atoms with van der Waals surface area (Å²) in [4.78, 5) is 0. The lowest BCUT2D eigenvalue weighted by Crippen LogP contribution is -2.18. The molecule has 0 aliphatic heterocycles. The summed E-state index contributed by atoms with van der Waals surface area (Å²) in [6.45, 7) is 6.94. The van der Waals surface area contributed by atoms with Gasteiger partial charge in [0.25, 0.3) is 0 Å². The molecule has 0 radical (unpaired) electrons. The van der Waals surface area contributed by atoms with Crippen molar-refractivity contribution in [1.82, 2.24) is 9.78 Å². The maximum absolute atomic E-state index is 5.90. The van der Waals surface area contributed by atoms with E-state index in [1.54, 1.807) is 0 Å². The van der Waals surface area contributed by atoms with Crippen molar-refractivity contribution in [1.29, 1.82) is 0 Å². The summed E-state index contributed by atoms with van der Waals surface area (Å²) in [5.41, 5.74) is 10.6. The van der Waals surface area contributed by atoms with E-state index in [0.717, 1.165) is 23.7 Å². The molecule has 0 spiro atoms. The Labute approximate surface area is 119 Å². The van der Waals surface area contributed by atoms with Gasteiger partial charge in [0, 0.05) is 16.8 Å². The number of nitrogens with two attached hydrogens (primary N) is 1. The quantitative estimate of drug-likeness (QED) is 0.933. The zero-order valence-electron chi connectivity index (χ0n) is 11.7. The topological polar surface area (TPSA) is 43.8 Å². The van der Waals surface area contributed by atoms with Crippen LogP contribution in [0.15, 0.2) is 24.3 Å². The highest BCUT2D eigenvalue weighted by atomic mass is 35.5. The molecular weight excluding hydrogens is 258 g/mol. The maximum Gasteiger partial charge on any atom is 0.0662 e. The molecule has 1 atom stereocenters. The van der Waals surface area contributed by atoms with Gasteiger partial charge in [-0.05, 0) is 50.5 Å². The van der Waals surface area contributed by atoms with Crippen molar-refractivity contribution in [3.8, 4) is 0 Å². The minimum atomic E-state index is 0.158. The number of rotatable bonds is 4. The molecule has 2 aromatic rings. The summed E-state index contributed by atoms with van der Waals surface area (Å²) in [6, 6.07) is 8.04. The summed E-state index contributed by atoms with van der Waals surface area (Å²) >= 11 is 5.90. The van der Waals surface area contributed by atoms with Gasteiger partial charge < -0.3 is 5.73 Å². The highest BCUT2D eigenvalue weighted by Crippen LogP contribution is 2.17. The number of nitrogens with zero attached hydrogens (tertiary/aromatic N) is 2. The van der Waals surface area contributed by atoms with Gasteiger partial charge in [0.1, 0.15) is 0 Å². The molecule has 19 heavy (non-hydrogen) atoms. The van der Waals surface area contributed by atoms with Gasteiger partial charge in [0.15, 0.2) is 0 Å². The van der Waals surface area contributed by atoms with Crippen LogP contribution in [0.1, 0.15) is 29.4 Å². The first-order valence-electron chi connectivity index (χ1n) is 6.50. The van der Waals surface area contributed by atoms with E-state index >= 15 is 0 Å². The van der Waals surface area contributed by atoms with Gasteiger partial charge in [-0.15, -0.1) is 0 Å². The molecule has 1 aromatic carbocycles. The summed E-state index contributed by atoms with van der Waals surface area (Å²) in [6.07, 6.45) is 0.873. The summed E-state index contributed by atoms with van der Waals surface area (Å²) in [7, 11) is 0. The third-order valence-corrected chi connectivity index (χ3v) is 3.56. The molecule has 1 unspecified atom stereocenters. The van der Waals surface area contributed by atoms with Crippen molar-refractivity contribution < 1.29 is 0 Å². The van der Waals surface area contributed by atoms with Crippen LogP contribution in [0.2, 0.25) is 5.02 Å². The van der Waals surface area contributed by atoms with E-state index in [1.807, 2.05) is 42.8 Å². The van der Waals surface area contributed by atoms with E-state index in [-0.39, 0.29) is 6.04 Å². The van der Waals surface area contributed by atoms with Crippen LogP contribution in [0.4, 0.5) is 0 Å². The lowest BCUT2D eigenvalue weighted by molar-refractivity contribution is 0.656. The predicted molar refractivity (Wildman–Crippen MR) is 79.6 cm³/mol. The molecule has 0 bridgehead atoms. The molecule has 0 aliphatic carbocycles. The smallest absolute Gasteiger partial charge is 0.0662 e. The van der Waals surface area contributed by atoms with Gasteiger partial charge >= 0.3 is 0 Å². The van der Waals surface area contributed by atoms with Gasteiger partial charge in [-0.1, -0.05) is 23.7 Å². The summed E-state index contributed by atoms with van der Waals surface area (Å²) in [5, 5.41) is 5.37. The molecule has 2 N–H and O–H groups in total. The molecule has 4 heteroatoms. The van der Waals surface area contributed by atoms with Crippen LogP contribution in [0.25, 0.3) is 0 Å². The zero-order chi connectivity index (χ0) is 14.0. The van der Waals surface area contributed by atoms with E-state index in [0.29, 0.717) is 0 Å². The van der Waals surface area contributed by atoms with Crippen molar-refractivity contribution in [3.05, 3.63) is 51.8 Å². The number of aryl methyl sites for hydroxylation is 1. The predicted octanol–water partition coefficient (Wildman–Crippen LogP) is 3.09. The molecule has 102 valence electrons. The Bertz CT molecular complexity index is 556. The van der Waals surface area contributed by atoms with E-state index in [9.17, 15) is 0 Å². The van der Waals surface area contributed by atoms with Crippen molar-refractivity contribution in [2.75, 3.05) is 0 Å². The normalized spacial score (nSPS) is 12.7. The van der Waals surface area contributed by atoms with Crippen LogP contribution in [0.5, 0.6) is 0 Å². The minimum absolute atomic E-state index is 0.158. The minimum Gasteiger partial charge on any atom is -0.328 e. The number of hydrogen-bond donors (Lipinski definition) is 1. The number of hydrogen-bond acceptors (Lipinski definition) is 2. The van der Waals surface area contributed by atoms with E-state index < -0.39 is 0 Å². The SMILES string of the molecule is Cc1nn(Cc2ccc(Cl)cc2)c(C)c1CC(C)N. The monoisotopic (exact) mass is 277 g/mol. The fraction of sp³-hybridized carbons (Fsp3) is 0.400. The molecule has 2 rings (SSSR count). The number of aromatic nitrogens is 2. The fourth-order valence-electron chi connectivity index (χ4n) is 2.27. The first-order valence-corrected chi connectivity index (χ1v) is 6.88. The highest BCUT2D eigenvalue weighted by Gasteiger charge is 2.12. The van der Waals surface area contributed by atoms with E-state index in [2.05, 4.69) is 12.0 Å². The van der Waals surface area contributed by atoms with Crippen molar-refractivity contribution in [3.63, 3.8) is 0 Å². The fourth-order valence-corrected chi connectivity index (χ4v) is 2.39. The Morgan fingerprint density at radius 3 is 2.47 bits per heavy atom. The first-order chi connectivity index (χ1) is 8.97. The zero-order valence-corrected chi connectivity index (χ0v) is 12.4. The van der Waals surface area contributed by atoms with Crippen LogP contribution in [0.3, 0.4) is 0 Å². The lowest BCUT2D eigenvalue weighted by atomic mass is 10.1. The van der Waals surface area contributed by atoms with Crippen LogP contribution in [-0.2, 0) is 13.0 Å². The molecule has 0 aliphatic rings. The Morgan fingerprint density at radius 2 is 1.89 bits per heavy atom. The van der Waals surface area contributed by atoms with Crippen LogP contribution >= 0.6 is 11.6 Å². The number of halogens is 1. The Morgan fingerprint density at radius 1 is 1.26 bits per heavy atom. The Balaban J connectivity index is 2.23. The molecular formula is C15H20ClN3. The largest absolute Gasteiger partial charge is 0.328 e. The van der Waals surface area contributed by atoms with Gasteiger partial charge in [-0.25, -0.2) is 0 Å². The standard InChI is InChI=1S/C15H20ClN3/c1-10(17)8-15-11(2)18-19(12(15)3)9-13-4-6-14(16)7-5-13/h4-7,10H,8-9,17H2,1-3H3. The van der Waals surface area contributed by atoms with Gasteiger partial charge in [0.2, 0.25) is 0 Å². The average molecular weight is 278 g/mol. The van der Waals surface area contributed by atoms with Gasteiger partial charge in [-0.2, -0.15) is 5.10 Å². The van der Waals surface area contributed by atoms with E-state index in [4.69, 9.17) is 17.3 Å². The van der Waals surface area contributed by atoms with Gasteiger partial charge in [-0.3, -0.25) is 4.68 Å². The Hall–Kier alpha value is -1.32. The maximum atomic E-state index is 5.90. The molecule has 1 heterocycles. The van der Waals surface area contributed by atoms with Crippen molar-refractivity contribution in [2.45, 2.75) is 39.8 Å². The lowest BCUT2D eigenvalue weighted by Gasteiger charge is -2.07. The summed E-state index contributed by atoms with van der Waals surface area (Å²) < 4.78 is 2.04. The first kappa shape index (κ1) is 14.1. The molecule has 3 nitrogen and oxygen atoms in total. The highest BCUT2D eigenvalue weighted by molar-refractivity contribution is 6.30. The summed E-state index contributed by atoms with van der Waals surface area (Å²) in [5.74, 6) is 0. The van der Waals surface area contributed by atoms with E-state index in [1.165, 1.54) is 16.8 Å². The molecule has 0 saturated heterocycles. The third-order valence-electron chi connectivity index (χ3n) is 3.30. The second kappa shape index (κ2) is 5.76. The molecule has 1 aromatic heterocycles. The van der Waals surface area contributed by atoms with Crippen LogP contribution in [0, 0.1) is 13.8 Å². The molecule has 0 saturated carbocycles. The average Bonchev–Trinajstić information content (AvgIpc) is 2.60. The van der Waals surface area contributed by atoms with Crippen molar-refractivity contribution in [2.24, 2.45) is 5.73 Å². The van der Waals surface area contributed by atoms with Gasteiger partial charge in [0.05, 0.1) is 12.2 Å². The van der Waals surface area contributed by atoms with Crippen LogP contribution in [-0.4, -0.2) is 15.8 Å². The third kappa shape index (κ3) is 3.37. The van der Waals surface area contributed by atoms with Crippen molar-refractivity contribution >= 4 is 11.6 Å². The Kier molecular flexibility index (Phi) is 4.27. The van der Waals surface area contributed by atoms with Crippen LogP contribution < -0.4 is 5.73 Å².